The van der Waals surface area contributed by atoms with Crippen molar-refractivity contribution in [1.29, 1.82) is 0 Å². The zero-order valence-electron chi connectivity index (χ0n) is 9.38. The van der Waals surface area contributed by atoms with Gasteiger partial charge in [0, 0.05) is 19.4 Å². The smallest absolute Gasteiger partial charge is 0.271 e. The molecule has 0 aliphatic carbocycles. The third-order valence-electron chi connectivity index (χ3n) is 2.12. The van der Waals surface area contributed by atoms with Gasteiger partial charge in [-0.3, -0.25) is 10.2 Å². The lowest BCUT2D eigenvalue weighted by Gasteiger charge is -2.05. The predicted octanol–water partition coefficient (Wildman–Crippen LogP) is 0.0700. The number of hydrogen-bond donors (Lipinski definition) is 3. The van der Waals surface area contributed by atoms with Gasteiger partial charge in [0.25, 0.3) is 5.91 Å². The van der Waals surface area contributed by atoms with E-state index in [1.54, 1.807) is 25.5 Å². The van der Waals surface area contributed by atoms with Crippen molar-refractivity contribution >= 4 is 27.8 Å². The third kappa shape index (κ3) is 2.31. The van der Waals surface area contributed by atoms with Crippen molar-refractivity contribution in [3.63, 3.8) is 0 Å². The Labute approximate surface area is 111 Å². The molecule has 0 unspecified atom stereocenters. The number of rotatable bonds is 3. The molecule has 94 valence electrons. The molecule has 8 nitrogen and oxygen atoms in total. The van der Waals surface area contributed by atoms with E-state index < -0.39 is 0 Å². The zero-order chi connectivity index (χ0) is 13.1. The van der Waals surface area contributed by atoms with Gasteiger partial charge >= 0.3 is 0 Å². The van der Waals surface area contributed by atoms with Crippen LogP contribution in [0.4, 0.5) is 5.95 Å². The van der Waals surface area contributed by atoms with E-state index in [2.05, 4.69) is 41.7 Å². The molecule has 0 aromatic carbocycles. The highest BCUT2D eigenvalue weighted by Gasteiger charge is 2.11. The maximum atomic E-state index is 11.4. The second-order valence-electron chi connectivity index (χ2n) is 3.23. The Morgan fingerprint density at radius 3 is 3.00 bits per heavy atom. The number of anilines is 1. The summed E-state index contributed by atoms with van der Waals surface area (Å²) in [5.74, 6) is 5.70. The lowest BCUT2D eigenvalue weighted by Crippen LogP contribution is -2.18. The molecule has 0 aliphatic rings. The van der Waals surface area contributed by atoms with E-state index in [9.17, 15) is 4.79 Å². The van der Waals surface area contributed by atoms with Crippen molar-refractivity contribution in [2.24, 2.45) is 5.84 Å². The molecular formula is C9H10BrN7O. The molecule has 0 radical (unpaired) electrons. The predicted molar refractivity (Wildman–Crippen MR) is 68.1 cm³/mol. The molecule has 2 aromatic rings. The van der Waals surface area contributed by atoms with E-state index in [0.717, 1.165) is 0 Å². The molecule has 0 saturated heterocycles. The first-order valence-electron chi connectivity index (χ1n) is 4.93. The first-order chi connectivity index (χ1) is 8.65. The van der Waals surface area contributed by atoms with Gasteiger partial charge in [0.2, 0.25) is 5.95 Å². The molecule has 0 spiro atoms. The number of aromatic nitrogens is 4. The summed E-state index contributed by atoms with van der Waals surface area (Å²) in [6, 6.07) is 1.59. The number of nitrogens with zero attached hydrogens (tertiary/aromatic N) is 4. The van der Waals surface area contributed by atoms with Gasteiger partial charge in [-0.25, -0.2) is 15.5 Å². The van der Waals surface area contributed by atoms with Crippen LogP contribution in [0.25, 0.3) is 5.82 Å². The van der Waals surface area contributed by atoms with Crippen LogP contribution in [0.3, 0.4) is 0 Å². The quantitative estimate of drug-likeness (QED) is 0.546. The van der Waals surface area contributed by atoms with Crippen LogP contribution >= 0.6 is 15.9 Å². The van der Waals surface area contributed by atoms with Gasteiger partial charge in [-0.05, 0) is 22.0 Å². The number of halogens is 1. The molecule has 0 saturated carbocycles. The molecule has 0 bridgehead atoms. The van der Waals surface area contributed by atoms with E-state index in [4.69, 9.17) is 5.84 Å². The maximum Gasteiger partial charge on any atom is 0.271 e. The van der Waals surface area contributed by atoms with Gasteiger partial charge in [-0.15, -0.1) is 0 Å². The molecule has 0 fully saturated rings. The average Bonchev–Trinajstić information content (AvgIpc) is 2.88. The summed E-state index contributed by atoms with van der Waals surface area (Å²) in [5, 5.41) is 6.59. The van der Waals surface area contributed by atoms with Crippen LogP contribution in [0.5, 0.6) is 0 Å². The van der Waals surface area contributed by atoms with Crippen LogP contribution in [-0.4, -0.2) is 32.7 Å². The minimum absolute atomic E-state index is 0.255. The molecule has 9 heteroatoms. The highest BCUT2D eigenvalue weighted by molar-refractivity contribution is 9.10. The molecule has 0 aliphatic heterocycles. The van der Waals surface area contributed by atoms with Crippen molar-refractivity contribution in [3.05, 3.63) is 28.6 Å². The molecule has 0 atom stereocenters. The summed E-state index contributed by atoms with van der Waals surface area (Å²) in [4.78, 5) is 19.5. The lowest BCUT2D eigenvalue weighted by molar-refractivity contribution is 0.0957. The summed E-state index contributed by atoms with van der Waals surface area (Å²) < 4.78 is 2.09. The molecule has 18 heavy (non-hydrogen) atoms. The van der Waals surface area contributed by atoms with Gasteiger partial charge in [0.05, 0.1) is 4.47 Å². The Morgan fingerprint density at radius 1 is 1.56 bits per heavy atom. The first kappa shape index (κ1) is 12.5. The van der Waals surface area contributed by atoms with Crippen LogP contribution in [0.2, 0.25) is 0 Å². The minimum atomic E-state index is -0.267. The first-order valence-corrected chi connectivity index (χ1v) is 5.72. The number of nitrogens with one attached hydrogen (secondary N) is 2. The summed E-state index contributed by atoms with van der Waals surface area (Å²) in [7, 11) is 1.54. The fraction of sp³-hybridized carbons (Fsp3) is 0.111. The Hall–Kier alpha value is -2.00. The van der Waals surface area contributed by atoms with Crippen molar-refractivity contribution in [2.45, 2.75) is 0 Å². The second kappa shape index (κ2) is 5.10. The Morgan fingerprint density at radius 2 is 2.33 bits per heavy atom. The van der Waals surface area contributed by atoms with Gasteiger partial charge in [0.15, 0.2) is 11.5 Å². The van der Waals surface area contributed by atoms with E-state index in [1.165, 1.54) is 4.68 Å². The molecule has 2 rings (SSSR count). The van der Waals surface area contributed by atoms with Gasteiger partial charge in [-0.2, -0.15) is 10.1 Å². The van der Waals surface area contributed by atoms with Crippen LogP contribution in [0, 0.1) is 0 Å². The van der Waals surface area contributed by atoms with E-state index in [1.807, 2.05) is 0 Å². The van der Waals surface area contributed by atoms with Crippen molar-refractivity contribution in [2.75, 3.05) is 12.5 Å². The fourth-order valence-corrected chi connectivity index (χ4v) is 1.65. The normalized spacial score (nSPS) is 10.2. The van der Waals surface area contributed by atoms with E-state index >= 15 is 0 Å². The molecule has 2 aromatic heterocycles. The SMILES string of the molecule is CNC(=O)c1ccn(-c2nc(NN)ncc2Br)n1. The van der Waals surface area contributed by atoms with Gasteiger partial charge < -0.3 is 5.32 Å². The standard InChI is InChI=1S/C9H10BrN7O/c1-12-8(18)6-2-3-17(16-6)7-5(10)4-13-9(14-7)15-11/h2-4H,11H2,1H3,(H,12,18)(H,13,14,15). The van der Waals surface area contributed by atoms with Crippen LogP contribution in [0.15, 0.2) is 22.9 Å². The van der Waals surface area contributed by atoms with Crippen molar-refractivity contribution in [3.8, 4) is 5.82 Å². The van der Waals surface area contributed by atoms with Crippen LogP contribution in [-0.2, 0) is 0 Å². The number of carbonyl (C=O) groups is 1. The summed E-state index contributed by atoms with van der Waals surface area (Å²) in [6.07, 6.45) is 3.16. The second-order valence-corrected chi connectivity index (χ2v) is 4.09. The fourth-order valence-electron chi connectivity index (χ4n) is 1.28. The Bertz CT molecular complexity index is 582. The number of carbonyl (C=O) groups excluding carboxylic acids is 1. The van der Waals surface area contributed by atoms with Crippen molar-refractivity contribution < 1.29 is 4.79 Å². The number of hydrogen-bond acceptors (Lipinski definition) is 6. The number of hydrazine groups is 1. The van der Waals surface area contributed by atoms with Gasteiger partial charge in [0.1, 0.15) is 0 Å². The van der Waals surface area contributed by atoms with Crippen molar-refractivity contribution in [1.82, 2.24) is 25.1 Å². The topological polar surface area (TPSA) is 111 Å². The number of nitrogens with two attached hydrogens (primary N) is 1. The van der Waals surface area contributed by atoms with Gasteiger partial charge in [-0.1, -0.05) is 0 Å². The van der Waals surface area contributed by atoms with E-state index in [-0.39, 0.29) is 11.9 Å². The number of amides is 1. The third-order valence-corrected chi connectivity index (χ3v) is 2.68. The molecule has 4 N–H and O–H groups in total. The summed E-state index contributed by atoms with van der Waals surface area (Å²) in [5.41, 5.74) is 2.64. The summed E-state index contributed by atoms with van der Waals surface area (Å²) in [6.45, 7) is 0. The van der Waals surface area contributed by atoms with E-state index in [0.29, 0.717) is 16.0 Å². The average molecular weight is 312 g/mol. The Balaban J connectivity index is 2.42. The highest BCUT2D eigenvalue weighted by Crippen LogP contribution is 2.18. The Kier molecular flexibility index (Phi) is 3.53. The largest absolute Gasteiger partial charge is 0.354 e. The zero-order valence-corrected chi connectivity index (χ0v) is 11.0. The van der Waals surface area contributed by atoms with Crippen LogP contribution < -0.4 is 16.6 Å². The minimum Gasteiger partial charge on any atom is -0.354 e. The molecular weight excluding hydrogens is 302 g/mol. The maximum absolute atomic E-state index is 11.4. The lowest BCUT2D eigenvalue weighted by atomic mass is 10.4. The molecule has 1 amide bonds. The number of nitrogen functional groups attached to an aromatic ring is 1. The summed E-state index contributed by atoms with van der Waals surface area (Å²) >= 11 is 3.30. The van der Waals surface area contributed by atoms with Crippen LogP contribution in [0.1, 0.15) is 10.5 Å². The highest BCUT2D eigenvalue weighted by atomic mass is 79.9. The molecule has 2 heterocycles. The monoisotopic (exact) mass is 311 g/mol.